The van der Waals surface area contributed by atoms with Gasteiger partial charge in [0.15, 0.2) is 0 Å². The van der Waals surface area contributed by atoms with Gasteiger partial charge in [0.25, 0.3) is 0 Å². The Labute approximate surface area is 218 Å². The number of carbonyl (C=O) groups is 2. The molecule has 0 heterocycles. The highest BCUT2D eigenvalue weighted by atomic mass is 79.9. The van der Waals surface area contributed by atoms with Gasteiger partial charge in [-0.15, -0.1) is 11.8 Å². The summed E-state index contributed by atoms with van der Waals surface area (Å²) in [7, 11) is 0. The van der Waals surface area contributed by atoms with Crippen molar-refractivity contribution >= 4 is 62.7 Å². The van der Waals surface area contributed by atoms with E-state index in [1.165, 1.54) is 0 Å². The van der Waals surface area contributed by atoms with E-state index in [-0.39, 0.29) is 30.2 Å². The Bertz CT molecular complexity index is 952. The predicted octanol–water partition coefficient (Wildman–Crippen LogP) is 6.86. The van der Waals surface area contributed by atoms with Crippen LogP contribution in [0, 0.1) is 0 Å². The number of thioether (sulfide) groups is 1. The lowest BCUT2D eigenvalue weighted by Crippen LogP contribution is -2.51. The molecular weight excluding hydrogens is 543 g/mol. The van der Waals surface area contributed by atoms with E-state index in [0.717, 1.165) is 47.0 Å². The van der Waals surface area contributed by atoms with Crippen molar-refractivity contribution in [3.8, 4) is 0 Å². The first kappa shape index (κ1) is 26.4. The Kier molecular flexibility index (Phi) is 10.4. The fourth-order valence-electron chi connectivity index (χ4n) is 4.04. The Balaban J connectivity index is 1.72. The first-order valence-corrected chi connectivity index (χ1v) is 13.9. The van der Waals surface area contributed by atoms with E-state index in [4.69, 9.17) is 23.2 Å². The molecule has 1 aliphatic rings. The van der Waals surface area contributed by atoms with Crippen molar-refractivity contribution in [1.29, 1.82) is 0 Å². The SMILES string of the molecule is CC[C@H](C(=O)NC1CCCC1)N(Cc1ccc(Cl)cc1Cl)C(=O)CSCc1ccc(Br)cc1. The van der Waals surface area contributed by atoms with Crippen molar-refractivity contribution in [2.75, 3.05) is 5.75 Å². The molecule has 0 spiro atoms. The number of hydrogen-bond donors (Lipinski definition) is 1. The lowest BCUT2D eigenvalue weighted by Gasteiger charge is -2.31. The molecule has 178 valence electrons. The summed E-state index contributed by atoms with van der Waals surface area (Å²) in [5.41, 5.74) is 1.92. The van der Waals surface area contributed by atoms with Gasteiger partial charge in [-0.05, 0) is 54.7 Å². The molecule has 0 aromatic heterocycles. The molecule has 8 heteroatoms. The minimum atomic E-state index is -0.543. The summed E-state index contributed by atoms with van der Waals surface area (Å²) in [6, 6.07) is 13.0. The molecule has 2 aromatic rings. The van der Waals surface area contributed by atoms with Crippen molar-refractivity contribution < 1.29 is 9.59 Å². The Hall–Kier alpha value is -1.21. The van der Waals surface area contributed by atoms with Gasteiger partial charge in [-0.3, -0.25) is 9.59 Å². The topological polar surface area (TPSA) is 49.4 Å². The van der Waals surface area contributed by atoms with E-state index in [0.29, 0.717) is 16.5 Å². The van der Waals surface area contributed by atoms with E-state index in [9.17, 15) is 9.59 Å². The van der Waals surface area contributed by atoms with Crippen LogP contribution >= 0.6 is 50.9 Å². The molecule has 3 rings (SSSR count). The van der Waals surface area contributed by atoms with E-state index in [1.807, 2.05) is 37.3 Å². The van der Waals surface area contributed by atoms with Gasteiger partial charge in [-0.2, -0.15) is 0 Å². The number of nitrogens with one attached hydrogen (secondary N) is 1. The van der Waals surface area contributed by atoms with Gasteiger partial charge in [0.05, 0.1) is 5.75 Å². The van der Waals surface area contributed by atoms with Crippen LogP contribution in [0.15, 0.2) is 46.9 Å². The average molecular weight is 572 g/mol. The summed E-state index contributed by atoms with van der Waals surface area (Å²) in [5.74, 6) is 0.853. The molecule has 0 unspecified atom stereocenters. The maximum Gasteiger partial charge on any atom is 0.243 e. The van der Waals surface area contributed by atoms with Crippen LogP contribution in [0.3, 0.4) is 0 Å². The molecular formula is C25H29BrCl2N2O2S. The van der Waals surface area contributed by atoms with Crippen LogP contribution in [0.2, 0.25) is 10.0 Å². The minimum Gasteiger partial charge on any atom is -0.352 e. The fourth-order valence-corrected chi connectivity index (χ4v) is 5.64. The summed E-state index contributed by atoms with van der Waals surface area (Å²) in [4.78, 5) is 28.2. The van der Waals surface area contributed by atoms with Crippen molar-refractivity contribution in [3.05, 3.63) is 68.1 Å². The molecule has 0 bridgehead atoms. The smallest absolute Gasteiger partial charge is 0.243 e. The summed E-state index contributed by atoms with van der Waals surface area (Å²) in [5, 5.41) is 4.20. The zero-order valence-corrected chi connectivity index (χ0v) is 22.6. The number of nitrogens with zero attached hydrogens (tertiary/aromatic N) is 1. The molecule has 2 aromatic carbocycles. The van der Waals surface area contributed by atoms with E-state index >= 15 is 0 Å². The highest BCUT2D eigenvalue weighted by Gasteiger charge is 2.30. The molecule has 33 heavy (non-hydrogen) atoms. The molecule has 1 fully saturated rings. The van der Waals surface area contributed by atoms with Crippen LogP contribution in [-0.4, -0.2) is 34.6 Å². The van der Waals surface area contributed by atoms with Gasteiger partial charge >= 0.3 is 0 Å². The van der Waals surface area contributed by atoms with Crippen molar-refractivity contribution in [1.82, 2.24) is 10.2 Å². The van der Waals surface area contributed by atoms with Gasteiger partial charge < -0.3 is 10.2 Å². The van der Waals surface area contributed by atoms with Crippen LogP contribution < -0.4 is 5.32 Å². The number of carbonyl (C=O) groups excluding carboxylic acids is 2. The average Bonchev–Trinajstić information content (AvgIpc) is 3.29. The molecule has 2 amide bonds. The second-order valence-electron chi connectivity index (χ2n) is 8.29. The van der Waals surface area contributed by atoms with E-state index < -0.39 is 6.04 Å². The number of amides is 2. The lowest BCUT2D eigenvalue weighted by atomic mass is 10.1. The third kappa shape index (κ3) is 7.91. The van der Waals surface area contributed by atoms with Crippen molar-refractivity contribution in [2.45, 2.75) is 63.4 Å². The van der Waals surface area contributed by atoms with Crippen LogP contribution in [0.4, 0.5) is 0 Å². The second-order valence-corrected chi connectivity index (χ2v) is 11.0. The summed E-state index contributed by atoms with van der Waals surface area (Å²) in [6.07, 6.45) is 4.81. The van der Waals surface area contributed by atoms with Crippen LogP contribution in [0.5, 0.6) is 0 Å². The summed E-state index contributed by atoms with van der Waals surface area (Å²) in [6.45, 7) is 2.21. The molecule has 1 aliphatic carbocycles. The first-order chi connectivity index (χ1) is 15.9. The normalized spacial score (nSPS) is 14.8. The van der Waals surface area contributed by atoms with Gasteiger partial charge in [0.1, 0.15) is 6.04 Å². The maximum atomic E-state index is 13.4. The standard InChI is InChI=1S/C25H29BrCl2N2O2S/c1-2-23(25(32)29-21-5-3-4-6-21)30(14-18-9-12-20(27)13-22(18)28)24(31)16-33-15-17-7-10-19(26)11-8-17/h7-13,21,23H,2-6,14-16H2,1H3,(H,29,32)/t23-/m1/s1. The summed E-state index contributed by atoms with van der Waals surface area (Å²) < 4.78 is 1.03. The third-order valence-electron chi connectivity index (χ3n) is 5.85. The number of benzene rings is 2. The maximum absolute atomic E-state index is 13.4. The monoisotopic (exact) mass is 570 g/mol. The van der Waals surface area contributed by atoms with Crippen LogP contribution in [0.25, 0.3) is 0 Å². The third-order valence-corrected chi connectivity index (χ3v) is 7.95. The van der Waals surface area contributed by atoms with E-state index in [1.54, 1.807) is 28.8 Å². The van der Waals surface area contributed by atoms with Crippen molar-refractivity contribution in [3.63, 3.8) is 0 Å². The van der Waals surface area contributed by atoms with Gasteiger partial charge in [0, 0.05) is 32.9 Å². The molecule has 1 saturated carbocycles. The van der Waals surface area contributed by atoms with E-state index in [2.05, 4.69) is 21.2 Å². The molecule has 1 N–H and O–H groups in total. The lowest BCUT2D eigenvalue weighted by molar-refractivity contribution is -0.139. The zero-order chi connectivity index (χ0) is 23.8. The van der Waals surface area contributed by atoms with Gasteiger partial charge in [0.2, 0.25) is 11.8 Å². The largest absolute Gasteiger partial charge is 0.352 e. The zero-order valence-electron chi connectivity index (χ0n) is 18.7. The van der Waals surface area contributed by atoms with Gasteiger partial charge in [-0.25, -0.2) is 0 Å². The predicted molar refractivity (Wildman–Crippen MR) is 142 cm³/mol. The molecule has 4 nitrogen and oxygen atoms in total. The Morgan fingerprint density at radius 3 is 2.48 bits per heavy atom. The van der Waals surface area contributed by atoms with Crippen molar-refractivity contribution in [2.24, 2.45) is 0 Å². The first-order valence-electron chi connectivity index (χ1n) is 11.2. The second kappa shape index (κ2) is 13.0. The number of hydrogen-bond acceptors (Lipinski definition) is 3. The Morgan fingerprint density at radius 1 is 1.15 bits per heavy atom. The highest BCUT2D eigenvalue weighted by Crippen LogP contribution is 2.25. The Morgan fingerprint density at radius 2 is 1.85 bits per heavy atom. The van der Waals surface area contributed by atoms with Crippen LogP contribution in [-0.2, 0) is 21.9 Å². The van der Waals surface area contributed by atoms with Gasteiger partial charge in [-0.1, -0.05) is 77.1 Å². The van der Waals surface area contributed by atoms with Crippen LogP contribution in [0.1, 0.15) is 50.2 Å². The molecule has 1 atom stereocenters. The minimum absolute atomic E-state index is 0.0726. The number of rotatable bonds is 10. The summed E-state index contributed by atoms with van der Waals surface area (Å²) >= 11 is 17.4. The quantitative estimate of drug-likeness (QED) is 0.339. The molecule has 0 saturated heterocycles. The molecule has 0 radical (unpaired) electrons. The highest BCUT2D eigenvalue weighted by molar-refractivity contribution is 9.10. The number of halogens is 3. The molecule has 0 aliphatic heterocycles. The fraction of sp³-hybridized carbons (Fsp3) is 0.440.